The number of allylic oxidation sites excluding steroid dienone is 1. The molecular formula is C16H13ClN2. The van der Waals surface area contributed by atoms with Crippen LogP contribution in [-0.2, 0) is 0 Å². The summed E-state index contributed by atoms with van der Waals surface area (Å²) < 4.78 is 0. The molecule has 0 bridgehead atoms. The van der Waals surface area contributed by atoms with Gasteiger partial charge in [-0.05, 0) is 30.2 Å². The summed E-state index contributed by atoms with van der Waals surface area (Å²) in [5.41, 5.74) is 9.66. The molecule has 2 aromatic rings. The van der Waals surface area contributed by atoms with Crippen LogP contribution in [0.3, 0.4) is 0 Å². The third-order valence-corrected chi connectivity index (χ3v) is 3.17. The number of nitriles is 1. The van der Waals surface area contributed by atoms with E-state index in [4.69, 9.17) is 17.3 Å². The number of benzene rings is 2. The summed E-state index contributed by atoms with van der Waals surface area (Å²) in [5.74, 6) is 0. The van der Waals surface area contributed by atoms with Crippen molar-refractivity contribution in [3.63, 3.8) is 0 Å². The van der Waals surface area contributed by atoms with Gasteiger partial charge in [-0.1, -0.05) is 48.0 Å². The van der Waals surface area contributed by atoms with Gasteiger partial charge >= 0.3 is 0 Å². The lowest BCUT2D eigenvalue weighted by molar-refractivity contribution is 1.39. The number of halogens is 1. The normalized spacial score (nSPS) is 11.6. The van der Waals surface area contributed by atoms with Gasteiger partial charge in [-0.3, -0.25) is 0 Å². The highest BCUT2D eigenvalue weighted by Gasteiger charge is 2.10. The van der Waals surface area contributed by atoms with Crippen molar-refractivity contribution in [2.45, 2.75) is 6.92 Å². The first-order chi connectivity index (χ1) is 9.13. The lowest BCUT2D eigenvalue weighted by Gasteiger charge is -2.09. The van der Waals surface area contributed by atoms with Crippen molar-refractivity contribution < 1.29 is 0 Å². The molecule has 0 aliphatic heterocycles. The Balaban J connectivity index is 2.62. The Morgan fingerprint density at radius 1 is 1.16 bits per heavy atom. The predicted octanol–water partition coefficient (Wildman–Crippen LogP) is 4.00. The SMILES string of the molecule is Cc1ccc(Cl)cc1/C(N)=C(/C#N)c1ccccc1. The maximum Gasteiger partial charge on any atom is 0.102 e. The Hall–Kier alpha value is -2.24. The summed E-state index contributed by atoms with van der Waals surface area (Å²) in [5, 5.41) is 9.96. The summed E-state index contributed by atoms with van der Waals surface area (Å²) in [6.07, 6.45) is 0. The van der Waals surface area contributed by atoms with Gasteiger partial charge in [0.15, 0.2) is 0 Å². The summed E-state index contributed by atoms with van der Waals surface area (Å²) in [7, 11) is 0. The van der Waals surface area contributed by atoms with Gasteiger partial charge in [-0.25, -0.2) is 0 Å². The van der Waals surface area contributed by atoms with Gasteiger partial charge in [-0.2, -0.15) is 5.26 Å². The van der Waals surface area contributed by atoms with E-state index in [1.807, 2.05) is 49.4 Å². The predicted molar refractivity (Wildman–Crippen MR) is 79.2 cm³/mol. The molecule has 0 unspecified atom stereocenters. The highest BCUT2D eigenvalue weighted by Crippen LogP contribution is 2.26. The molecule has 0 fully saturated rings. The largest absolute Gasteiger partial charge is 0.397 e. The minimum absolute atomic E-state index is 0.453. The highest BCUT2D eigenvalue weighted by molar-refractivity contribution is 6.30. The van der Waals surface area contributed by atoms with Gasteiger partial charge in [0.05, 0.1) is 11.3 Å². The average Bonchev–Trinajstić information content (AvgIpc) is 2.43. The van der Waals surface area contributed by atoms with Crippen molar-refractivity contribution in [2.24, 2.45) is 5.73 Å². The smallest absolute Gasteiger partial charge is 0.102 e. The molecule has 0 spiro atoms. The third-order valence-electron chi connectivity index (χ3n) is 2.93. The minimum atomic E-state index is 0.453. The second kappa shape index (κ2) is 5.60. The molecule has 2 nitrogen and oxygen atoms in total. The molecule has 19 heavy (non-hydrogen) atoms. The maximum absolute atomic E-state index is 9.35. The molecule has 0 saturated carbocycles. The van der Waals surface area contributed by atoms with Crippen molar-refractivity contribution >= 4 is 22.9 Å². The van der Waals surface area contributed by atoms with E-state index in [0.29, 0.717) is 16.3 Å². The molecule has 0 atom stereocenters. The molecule has 0 heterocycles. The summed E-state index contributed by atoms with van der Waals surface area (Å²) in [6.45, 7) is 1.94. The second-order valence-electron chi connectivity index (χ2n) is 4.23. The Morgan fingerprint density at radius 2 is 1.84 bits per heavy atom. The second-order valence-corrected chi connectivity index (χ2v) is 4.66. The fourth-order valence-corrected chi connectivity index (χ4v) is 2.08. The van der Waals surface area contributed by atoms with Crippen LogP contribution in [-0.4, -0.2) is 0 Å². The van der Waals surface area contributed by atoms with Crippen LogP contribution in [0.5, 0.6) is 0 Å². The number of nitrogens with zero attached hydrogens (tertiary/aromatic N) is 1. The van der Waals surface area contributed by atoms with Crippen LogP contribution in [0, 0.1) is 18.3 Å². The lowest BCUT2D eigenvalue weighted by Crippen LogP contribution is -2.02. The molecule has 0 aliphatic rings. The topological polar surface area (TPSA) is 49.8 Å². The molecule has 0 aromatic heterocycles. The van der Waals surface area contributed by atoms with Crippen LogP contribution < -0.4 is 5.73 Å². The van der Waals surface area contributed by atoms with Gasteiger partial charge in [-0.15, -0.1) is 0 Å². The first-order valence-electron chi connectivity index (χ1n) is 5.85. The Bertz CT molecular complexity index is 667. The molecule has 0 aliphatic carbocycles. The van der Waals surface area contributed by atoms with Gasteiger partial charge in [0.25, 0.3) is 0 Å². The van der Waals surface area contributed by atoms with Gasteiger partial charge in [0.2, 0.25) is 0 Å². The first-order valence-corrected chi connectivity index (χ1v) is 6.23. The molecule has 0 radical (unpaired) electrons. The Labute approximate surface area is 117 Å². The van der Waals surface area contributed by atoms with Gasteiger partial charge in [0, 0.05) is 10.6 Å². The van der Waals surface area contributed by atoms with Crippen molar-refractivity contribution in [3.8, 4) is 6.07 Å². The zero-order chi connectivity index (χ0) is 13.8. The van der Waals surface area contributed by atoms with Gasteiger partial charge < -0.3 is 5.73 Å². The summed E-state index contributed by atoms with van der Waals surface area (Å²) >= 11 is 5.99. The van der Waals surface area contributed by atoms with Crippen LogP contribution in [0.25, 0.3) is 11.3 Å². The van der Waals surface area contributed by atoms with Crippen LogP contribution in [0.4, 0.5) is 0 Å². The molecule has 2 N–H and O–H groups in total. The van der Waals surface area contributed by atoms with Crippen LogP contribution in [0.15, 0.2) is 48.5 Å². The average molecular weight is 269 g/mol. The number of aryl methyl sites for hydroxylation is 1. The summed E-state index contributed by atoms with van der Waals surface area (Å²) in [6, 6.07) is 17.1. The number of hydrogen-bond donors (Lipinski definition) is 1. The van der Waals surface area contributed by atoms with E-state index in [1.54, 1.807) is 6.07 Å². The number of hydrogen-bond acceptors (Lipinski definition) is 2. The monoisotopic (exact) mass is 268 g/mol. The quantitative estimate of drug-likeness (QED) is 0.661. The van der Waals surface area contributed by atoms with Crippen molar-refractivity contribution in [2.75, 3.05) is 0 Å². The first kappa shape index (κ1) is 13.2. The van der Waals surface area contributed by atoms with E-state index in [9.17, 15) is 5.26 Å². The molecule has 0 amide bonds. The lowest BCUT2D eigenvalue weighted by atomic mass is 9.98. The van der Waals surface area contributed by atoms with Gasteiger partial charge in [0.1, 0.15) is 6.07 Å². The van der Waals surface area contributed by atoms with Crippen LogP contribution in [0.1, 0.15) is 16.7 Å². The molecule has 0 saturated heterocycles. The zero-order valence-corrected chi connectivity index (χ0v) is 11.3. The molecule has 2 aromatic carbocycles. The standard InChI is InChI=1S/C16H13ClN2/c1-11-7-8-13(17)9-14(11)16(19)15(10-18)12-5-3-2-4-6-12/h2-9H,19H2,1H3/b16-15+. The molecule has 94 valence electrons. The molecule has 2 rings (SSSR count). The van der Waals surface area contributed by atoms with E-state index in [-0.39, 0.29) is 0 Å². The molecular weight excluding hydrogens is 256 g/mol. The van der Waals surface area contributed by atoms with E-state index in [2.05, 4.69) is 6.07 Å². The highest BCUT2D eigenvalue weighted by atomic mass is 35.5. The van der Waals surface area contributed by atoms with E-state index >= 15 is 0 Å². The van der Waals surface area contributed by atoms with E-state index in [0.717, 1.165) is 16.7 Å². The zero-order valence-electron chi connectivity index (χ0n) is 10.5. The van der Waals surface area contributed by atoms with Crippen LogP contribution in [0.2, 0.25) is 5.02 Å². The van der Waals surface area contributed by atoms with Crippen molar-refractivity contribution in [1.82, 2.24) is 0 Å². The summed E-state index contributed by atoms with van der Waals surface area (Å²) in [4.78, 5) is 0. The number of rotatable bonds is 2. The fourth-order valence-electron chi connectivity index (χ4n) is 1.90. The van der Waals surface area contributed by atoms with E-state index < -0.39 is 0 Å². The maximum atomic E-state index is 9.35. The minimum Gasteiger partial charge on any atom is -0.397 e. The fraction of sp³-hybridized carbons (Fsp3) is 0.0625. The van der Waals surface area contributed by atoms with E-state index in [1.165, 1.54) is 0 Å². The third kappa shape index (κ3) is 2.78. The van der Waals surface area contributed by atoms with Crippen molar-refractivity contribution in [1.29, 1.82) is 5.26 Å². The Kier molecular flexibility index (Phi) is 3.89. The molecule has 3 heteroatoms. The van der Waals surface area contributed by atoms with Crippen molar-refractivity contribution in [3.05, 3.63) is 70.2 Å². The van der Waals surface area contributed by atoms with Crippen LogP contribution >= 0.6 is 11.6 Å². The number of nitrogens with two attached hydrogens (primary N) is 1. The Morgan fingerprint density at radius 3 is 2.47 bits per heavy atom.